The highest BCUT2D eigenvalue weighted by molar-refractivity contribution is 7.09. The number of thiazole rings is 1. The molecule has 1 unspecified atom stereocenters. The molecule has 18 heavy (non-hydrogen) atoms. The van der Waals surface area contributed by atoms with Crippen molar-refractivity contribution in [2.75, 3.05) is 0 Å². The maximum absolute atomic E-state index is 4.91. The highest BCUT2D eigenvalue weighted by Gasteiger charge is 2.48. The van der Waals surface area contributed by atoms with Crippen molar-refractivity contribution in [2.45, 2.75) is 44.4 Å². The van der Waals surface area contributed by atoms with Crippen LogP contribution in [-0.4, -0.2) is 4.98 Å². The smallest absolute Gasteiger partial charge is 0.103 e. The summed E-state index contributed by atoms with van der Waals surface area (Å²) in [6, 6.07) is 10.9. The third-order valence-electron chi connectivity index (χ3n) is 4.12. The van der Waals surface area contributed by atoms with Crippen molar-refractivity contribution in [3.8, 4) is 0 Å². The van der Waals surface area contributed by atoms with E-state index in [1.807, 2.05) is 11.3 Å². The summed E-state index contributed by atoms with van der Waals surface area (Å²) in [6.07, 6.45) is 3.68. The molecule has 1 heterocycles. The third kappa shape index (κ3) is 1.89. The van der Waals surface area contributed by atoms with Gasteiger partial charge in [-0.25, -0.2) is 4.98 Å². The van der Waals surface area contributed by atoms with E-state index in [0.29, 0.717) is 5.92 Å². The van der Waals surface area contributed by atoms with E-state index < -0.39 is 0 Å². The van der Waals surface area contributed by atoms with Crippen molar-refractivity contribution >= 4 is 11.3 Å². The first-order valence-corrected chi connectivity index (χ1v) is 7.65. The van der Waals surface area contributed by atoms with Crippen LogP contribution in [0.1, 0.15) is 55.3 Å². The summed E-state index contributed by atoms with van der Waals surface area (Å²) in [5.41, 5.74) is 2.97. The normalized spacial score (nSPS) is 18.6. The van der Waals surface area contributed by atoms with Gasteiger partial charge in [-0.1, -0.05) is 44.2 Å². The minimum absolute atomic E-state index is 0.248. The van der Waals surface area contributed by atoms with Gasteiger partial charge in [-0.2, -0.15) is 0 Å². The molecule has 3 rings (SSSR count). The molecule has 0 N–H and O–H groups in total. The molecule has 1 fully saturated rings. The van der Waals surface area contributed by atoms with Crippen molar-refractivity contribution in [2.24, 2.45) is 0 Å². The second kappa shape index (κ2) is 4.51. The van der Waals surface area contributed by atoms with Crippen LogP contribution in [0.3, 0.4) is 0 Å². The zero-order valence-corrected chi connectivity index (χ0v) is 11.8. The van der Waals surface area contributed by atoms with Gasteiger partial charge in [0.05, 0.1) is 5.69 Å². The number of hydrogen-bond acceptors (Lipinski definition) is 2. The molecule has 0 spiro atoms. The highest BCUT2D eigenvalue weighted by Crippen LogP contribution is 2.54. The zero-order valence-electron chi connectivity index (χ0n) is 11.0. The average molecular weight is 257 g/mol. The average Bonchev–Trinajstić information content (AvgIpc) is 3.10. The fraction of sp³-hybridized carbons (Fsp3) is 0.438. The lowest BCUT2D eigenvalue weighted by atomic mass is 9.97. The molecule has 0 aliphatic heterocycles. The Morgan fingerprint density at radius 2 is 2.00 bits per heavy atom. The van der Waals surface area contributed by atoms with Crippen LogP contribution in [0, 0.1) is 0 Å². The monoisotopic (exact) mass is 257 g/mol. The lowest BCUT2D eigenvalue weighted by molar-refractivity contribution is 0.702. The maximum atomic E-state index is 4.91. The predicted molar refractivity (Wildman–Crippen MR) is 77.3 cm³/mol. The van der Waals surface area contributed by atoms with Crippen molar-refractivity contribution in [3.63, 3.8) is 0 Å². The molecular weight excluding hydrogens is 238 g/mol. The summed E-state index contributed by atoms with van der Waals surface area (Å²) in [5, 5.41) is 3.58. The lowest BCUT2D eigenvalue weighted by Gasteiger charge is -2.12. The zero-order chi connectivity index (χ0) is 12.6. The Morgan fingerprint density at radius 3 is 2.61 bits per heavy atom. The van der Waals surface area contributed by atoms with Crippen molar-refractivity contribution in [3.05, 3.63) is 52.0 Å². The van der Waals surface area contributed by atoms with Crippen LogP contribution >= 0.6 is 11.3 Å². The van der Waals surface area contributed by atoms with Crippen LogP contribution in [0.15, 0.2) is 35.7 Å². The van der Waals surface area contributed by atoms with Crippen LogP contribution in [0.5, 0.6) is 0 Å². The van der Waals surface area contributed by atoms with E-state index >= 15 is 0 Å². The quantitative estimate of drug-likeness (QED) is 0.771. The number of nitrogens with zero attached hydrogens (tertiary/aromatic N) is 1. The first-order chi connectivity index (χ1) is 8.76. The third-order valence-corrected chi connectivity index (χ3v) is 5.19. The number of benzene rings is 1. The molecular formula is C16H19NS. The molecule has 0 radical (unpaired) electrons. The van der Waals surface area contributed by atoms with Crippen molar-refractivity contribution in [1.82, 2.24) is 4.98 Å². The topological polar surface area (TPSA) is 12.9 Å². The van der Waals surface area contributed by atoms with Gasteiger partial charge < -0.3 is 0 Å². The summed E-state index contributed by atoms with van der Waals surface area (Å²) in [6.45, 7) is 4.49. The minimum atomic E-state index is 0.248. The van der Waals surface area contributed by atoms with E-state index in [9.17, 15) is 0 Å². The molecule has 1 aromatic heterocycles. The van der Waals surface area contributed by atoms with Crippen LogP contribution in [0.4, 0.5) is 0 Å². The van der Waals surface area contributed by atoms with Crippen LogP contribution in [0.2, 0.25) is 0 Å². The molecule has 1 saturated carbocycles. The number of aromatic nitrogens is 1. The second-order valence-electron chi connectivity index (χ2n) is 5.33. The maximum Gasteiger partial charge on any atom is 0.103 e. The van der Waals surface area contributed by atoms with Crippen molar-refractivity contribution in [1.29, 1.82) is 0 Å². The van der Waals surface area contributed by atoms with E-state index in [1.165, 1.54) is 35.5 Å². The molecule has 1 aliphatic rings. The Hall–Kier alpha value is -1.15. The van der Waals surface area contributed by atoms with Gasteiger partial charge in [0.15, 0.2) is 0 Å². The van der Waals surface area contributed by atoms with Gasteiger partial charge in [0.2, 0.25) is 0 Å². The molecule has 1 aromatic carbocycles. The Balaban J connectivity index is 1.93. The Labute approximate surface area is 113 Å². The Morgan fingerprint density at radius 1 is 1.28 bits per heavy atom. The highest BCUT2D eigenvalue weighted by atomic mass is 32.1. The van der Waals surface area contributed by atoms with Crippen molar-refractivity contribution < 1.29 is 0 Å². The Kier molecular flexibility index (Phi) is 2.98. The number of rotatable bonds is 4. The van der Waals surface area contributed by atoms with E-state index in [-0.39, 0.29) is 5.41 Å². The summed E-state index contributed by atoms with van der Waals surface area (Å²) in [7, 11) is 0. The number of hydrogen-bond donors (Lipinski definition) is 0. The van der Waals surface area contributed by atoms with E-state index in [1.54, 1.807) is 0 Å². The van der Waals surface area contributed by atoms with E-state index in [4.69, 9.17) is 4.98 Å². The van der Waals surface area contributed by atoms with E-state index in [0.717, 1.165) is 0 Å². The summed E-state index contributed by atoms with van der Waals surface area (Å²) < 4.78 is 0. The molecule has 1 nitrogen and oxygen atoms in total. The van der Waals surface area contributed by atoms with Gasteiger partial charge in [-0.05, 0) is 30.7 Å². The molecule has 1 aliphatic carbocycles. The summed E-state index contributed by atoms with van der Waals surface area (Å²) >= 11 is 1.85. The van der Waals surface area contributed by atoms with Gasteiger partial charge in [-0.3, -0.25) is 0 Å². The second-order valence-corrected chi connectivity index (χ2v) is 6.19. The van der Waals surface area contributed by atoms with Gasteiger partial charge in [0.1, 0.15) is 5.01 Å². The fourth-order valence-corrected chi connectivity index (χ4v) is 3.67. The molecule has 0 bridgehead atoms. The minimum Gasteiger partial charge on any atom is -0.245 e. The van der Waals surface area contributed by atoms with Crippen LogP contribution < -0.4 is 0 Å². The Bertz CT molecular complexity index is 525. The largest absolute Gasteiger partial charge is 0.245 e. The first kappa shape index (κ1) is 11.9. The van der Waals surface area contributed by atoms with E-state index in [2.05, 4.69) is 49.6 Å². The standard InChI is InChI=1S/C16H19NS/c1-3-12(2)14-11-18-15(17-14)16(9-10-16)13-7-5-4-6-8-13/h4-8,11-12H,3,9-10H2,1-2H3. The van der Waals surface area contributed by atoms with Gasteiger partial charge in [0, 0.05) is 10.8 Å². The SMILES string of the molecule is CCC(C)c1csc(C2(c3ccccc3)CC2)n1. The lowest BCUT2D eigenvalue weighted by Crippen LogP contribution is -2.08. The fourth-order valence-electron chi connectivity index (χ4n) is 2.45. The molecule has 0 saturated heterocycles. The molecule has 0 amide bonds. The predicted octanol–water partition coefficient (Wildman–Crippen LogP) is 4.74. The molecule has 94 valence electrons. The molecule has 1 atom stereocenters. The van der Waals surface area contributed by atoms with Crippen LogP contribution in [0.25, 0.3) is 0 Å². The van der Waals surface area contributed by atoms with Gasteiger partial charge in [-0.15, -0.1) is 11.3 Å². The molecule has 2 heteroatoms. The first-order valence-electron chi connectivity index (χ1n) is 6.77. The van der Waals surface area contributed by atoms with Gasteiger partial charge in [0.25, 0.3) is 0 Å². The van der Waals surface area contributed by atoms with Crippen LogP contribution in [-0.2, 0) is 5.41 Å². The summed E-state index contributed by atoms with van der Waals surface area (Å²) in [4.78, 5) is 4.91. The molecule has 2 aromatic rings. The van der Waals surface area contributed by atoms with Gasteiger partial charge >= 0.3 is 0 Å². The summed E-state index contributed by atoms with van der Waals surface area (Å²) in [5.74, 6) is 0.585.